The molecule has 0 aliphatic heterocycles. The second-order valence-corrected chi connectivity index (χ2v) is 6.54. The van der Waals surface area contributed by atoms with Crippen LogP contribution in [0.4, 0.5) is 0 Å². The lowest BCUT2D eigenvalue weighted by Crippen LogP contribution is -2.45. The normalized spacial score (nSPS) is 15.9. The molecule has 0 bridgehead atoms. The van der Waals surface area contributed by atoms with Gasteiger partial charge in [-0.05, 0) is 31.9 Å². The first-order chi connectivity index (χ1) is 12.1. The van der Waals surface area contributed by atoms with E-state index < -0.39 is 11.1 Å². The van der Waals surface area contributed by atoms with Crippen molar-refractivity contribution < 1.29 is 4.79 Å². The first-order valence-corrected chi connectivity index (χ1v) is 8.99. The standard InChI is InChI=1S/C18H24N4O3/c1-2-21-16-14(10-7-11-19-16)22(18(25)17(21)24)12-15(23)20-13-8-5-3-4-6-9-13/h7,10-11,13H,2-6,8-9,12H2,1H3,(H,20,23). The van der Waals surface area contributed by atoms with Gasteiger partial charge in [0.05, 0.1) is 5.52 Å². The van der Waals surface area contributed by atoms with E-state index in [-0.39, 0.29) is 18.5 Å². The molecule has 1 amide bonds. The maximum Gasteiger partial charge on any atom is 0.318 e. The summed E-state index contributed by atoms with van der Waals surface area (Å²) in [7, 11) is 0. The van der Waals surface area contributed by atoms with Crippen LogP contribution < -0.4 is 16.4 Å². The molecule has 1 N–H and O–H groups in total. The third-order valence-corrected chi connectivity index (χ3v) is 4.82. The fourth-order valence-corrected chi connectivity index (χ4v) is 3.53. The van der Waals surface area contributed by atoms with Gasteiger partial charge in [0.2, 0.25) is 5.91 Å². The van der Waals surface area contributed by atoms with Crippen molar-refractivity contribution in [2.24, 2.45) is 0 Å². The second kappa shape index (κ2) is 7.63. The molecule has 2 heterocycles. The Morgan fingerprint density at radius 1 is 1.16 bits per heavy atom. The summed E-state index contributed by atoms with van der Waals surface area (Å²) in [4.78, 5) is 41.5. The monoisotopic (exact) mass is 344 g/mol. The van der Waals surface area contributed by atoms with Crippen LogP contribution in [-0.4, -0.2) is 26.1 Å². The molecule has 1 fully saturated rings. The molecule has 0 saturated heterocycles. The van der Waals surface area contributed by atoms with E-state index in [0.717, 1.165) is 25.7 Å². The number of aryl methyl sites for hydroxylation is 1. The van der Waals surface area contributed by atoms with E-state index in [1.54, 1.807) is 25.3 Å². The van der Waals surface area contributed by atoms with Crippen LogP contribution in [0.5, 0.6) is 0 Å². The van der Waals surface area contributed by atoms with Crippen molar-refractivity contribution >= 4 is 17.1 Å². The minimum absolute atomic E-state index is 0.155. The Bertz CT molecular complexity index is 876. The van der Waals surface area contributed by atoms with E-state index in [1.165, 1.54) is 22.0 Å². The SMILES string of the molecule is CCn1c(=O)c(=O)n(CC(=O)NC2CCCCCC2)c2cccnc21. The number of hydrogen-bond acceptors (Lipinski definition) is 4. The zero-order chi connectivity index (χ0) is 17.8. The van der Waals surface area contributed by atoms with Crippen molar-refractivity contribution in [1.82, 2.24) is 19.4 Å². The minimum Gasteiger partial charge on any atom is -0.352 e. The maximum atomic E-state index is 12.5. The van der Waals surface area contributed by atoms with Gasteiger partial charge in [0.25, 0.3) is 0 Å². The summed E-state index contributed by atoms with van der Waals surface area (Å²) in [6, 6.07) is 3.58. The van der Waals surface area contributed by atoms with Gasteiger partial charge in [0.1, 0.15) is 6.54 Å². The molecule has 7 heteroatoms. The Labute approximate surface area is 145 Å². The lowest BCUT2D eigenvalue weighted by Gasteiger charge is -2.17. The van der Waals surface area contributed by atoms with Crippen LogP contribution >= 0.6 is 0 Å². The van der Waals surface area contributed by atoms with Crippen LogP contribution in [0.1, 0.15) is 45.4 Å². The highest BCUT2D eigenvalue weighted by Gasteiger charge is 2.18. The van der Waals surface area contributed by atoms with Gasteiger partial charge in [0.15, 0.2) is 5.65 Å². The molecular weight excluding hydrogens is 320 g/mol. The Morgan fingerprint density at radius 2 is 1.84 bits per heavy atom. The highest BCUT2D eigenvalue weighted by molar-refractivity contribution is 5.79. The summed E-state index contributed by atoms with van der Waals surface area (Å²) in [6.07, 6.45) is 8.17. The van der Waals surface area contributed by atoms with Crippen molar-refractivity contribution in [2.75, 3.05) is 0 Å². The minimum atomic E-state index is -0.682. The number of amides is 1. The van der Waals surface area contributed by atoms with Gasteiger partial charge in [-0.3, -0.25) is 23.5 Å². The number of carbonyl (C=O) groups is 1. The summed E-state index contributed by atoms with van der Waals surface area (Å²) in [5.41, 5.74) is -0.392. The summed E-state index contributed by atoms with van der Waals surface area (Å²) < 4.78 is 2.58. The van der Waals surface area contributed by atoms with Crippen molar-refractivity contribution in [3.63, 3.8) is 0 Å². The zero-order valence-corrected chi connectivity index (χ0v) is 14.5. The summed E-state index contributed by atoms with van der Waals surface area (Å²) in [5, 5.41) is 3.02. The largest absolute Gasteiger partial charge is 0.352 e. The Balaban J connectivity index is 1.91. The molecular formula is C18H24N4O3. The van der Waals surface area contributed by atoms with E-state index in [1.807, 2.05) is 0 Å². The summed E-state index contributed by atoms with van der Waals surface area (Å²) in [6.45, 7) is 1.99. The fraction of sp³-hybridized carbons (Fsp3) is 0.556. The zero-order valence-electron chi connectivity index (χ0n) is 14.5. The van der Waals surface area contributed by atoms with Gasteiger partial charge < -0.3 is 5.32 Å². The first kappa shape index (κ1) is 17.4. The van der Waals surface area contributed by atoms with Gasteiger partial charge in [-0.2, -0.15) is 0 Å². The first-order valence-electron chi connectivity index (χ1n) is 8.99. The van der Waals surface area contributed by atoms with Gasteiger partial charge in [-0.15, -0.1) is 0 Å². The number of hydrogen-bond donors (Lipinski definition) is 1. The lowest BCUT2D eigenvalue weighted by atomic mass is 10.1. The van der Waals surface area contributed by atoms with E-state index >= 15 is 0 Å². The third kappa shape index (κ3) is 3.65. The third-order valence-electron chi connectivity index (χ3n) is 4.82. The summed E-state index contributed by atoms with van der Waals surface area (Å²) in [5.74, 6) is -0.229. The van der Waals surface area contributed by atoms with E-state index in [0.29, 0.717) is 17.7 Å². The molecule has 0 atom stereocenters. The van der Waals surface area contributed by atoms with Crippen molar-refractivity contribution in [1.29, 1.82) is 0 Å². The van der Waals surface area contributed by atoms with Crippen LogP contribution in [0.15, 0.2) is 27.9 Å². The van der Waals surface area contributed by atoms with Gasteiger partial charge in [-0.1, -0.05) is 25.7 Å². The van der Waals surface area contributed by atoms with Gasteiger partial charge >= 0.3 is 11.1 Å². The predicted molar refractivity (Wildman–Crippen MR) is 95.6 cm³/mol. The van der Waals surface area contributed by atoms with Crippen molar-refractivity contribution in [3.8, 4) is 0 Å². The smallest absolute Gasteiger partial charge is 0.318 e. The van der Waals surface area contributed by atoms with Crippen LogP contribution in [-0.2, 0) is 17.9 Å². The van der Waals surface area contributed by atoms with Crippen LogP contribution in [0.3, 0.4) is 0 Å². The van der Waals surface area contributed by atoms with Crippen LogP contribution in [0, 0.1) is 0 Å². The molecule has 3 rings (SSSR count). The molecule has 0 unspecified atom stereocenters. The van der Waals surface area contributed by atoms with Crippen molar-refractivity contribution in [3.05, 3.63) is 39.0 Å². The number of pyridine rings is 1. The average Bonchev–Trinajstić information content (AvgIpc) is 2.88. The fourth-order valence-electron chi connectivity index (χ4n) is 3.53. The Hall–Kier alpha value is -2.44. The van der Waals surface area contributed by atoms with Crippen LogP contribution in [0.25, 0.3) is 11.2 Å². The molecule has 7 nitrogen and oxygen atoms in total. The van der Waals surface area contributed by atoms with Gasteiger partial charge in [-0.25, -0.2) is 4.98 Å². The molecule has 134 valence electrons. The number of aromatic nitrogens is 3. The summed E-state index contributed by atoms with van der Waals surface area (Å²) >= 11 is 0. The van der Waals surface area contributed by atoms with E-state index in [9.17, 15) is 14.4 Å². The molecule has 2 aromatic heterocycles. The average molecular weight is 344 g/mol. The van der Waals surface area contributed by atoms with Crippen LogP contribution in [0.2, 0.25) is 0 Å². The number of fused-ring (bicyclic) bond motifs is 1. The highest BCUT2D eigenvalue weighted by Crippen LogP contribution is 2.17. The molecule has 1 aliphatic rings. The topological polar surface area (TPSA) is 86.0 Å². The lowest BCUT2D eigenvalue weighted by molar-refractivity contribution is -0.122. The van der Waals surface area contributed by atoms with Gasteiger partial charge in [0, 0.05) is 18.8 Å². The molecule has 1 saturated carbocycles. The molecule has 2 aromatic rings. The van der Waals surface area contributed by atoms with E-state index in [4.69, 9.17) is 0 Å². The van der Waals surface area contributed by atoms with E-state index in [2.05, 4.69) is 10.3 Å². The Morgan fingerprint density at radius 3 is 2.52 bits per heavy atom. The molecule has 0 radical (unpaired) electrons. The predicted octanol–water partition coefficient (Wildman–Crippen LogP) is 1.42. The maximum absolute atomic E-state index is 12.5. The second-order valence-electron chi connectivity index (χ2n) is 6.54. The molecule has 1 aliphatic carbocycles. The quantitative estimate of drug-likeness (QED) is 0.671. The molecule has 25 heavy (non-hydrogen) atoms. The number of nitrogens with zero attached hydrogens (tertiary/aromatic N) is 3. The molecule has 0 aromatic carbocycles. The highest BCUT2D eigenvalue weighted by atomic mass is 16.2. The van der Waals surface area contributed by atoms with Crippen molar-refractivity contribution in [2.45, 2.75) is 64.6 Å². The molecule has 0 spiro atoms. The Kier molecular flexibility index (Phi) is 5.31. The number of rotatable bonds is 4. The number of carbonyl (C=O) groups excluding carboxylic acids is 1. The number of nitrogens with one attached hydrogen (secondary N) is 1.